The van der Waals surface area contributed by atoms with E-state index in [2.05, 4.69) is 31.7 Å². The van der Waals surface area contributed by atoms with Crippen molar-refractivity contribution in [2.75, 3.05) is 6.54 Å². The first kappa shape index (κ1) is 13.1. The molecule has 1 aromatic heterocycles. The van der Waals surface area contributed by atoms with Crippen LogP contribution in [0.5, 0.6) is 0 Å². The van der Waals surface area contributed by atoms with Crippen LogP contribution in [0.2, 0.25) is 0 Å². The second kappa shape index (κ2) is 5.51. The zero-order valence-corrected chi connectivity index (χ0v) is 12.0. The lowest BCUT2D eigenvalue weighted by Gasteiger charge is -2.27. The van der Waals surface area contributed by atoms with Crippen molar-refractivity contribution in [3.8, 4) is 0 Å². The van der Waals surface area contributed by atoms with Gasteiger partial charge in [-0.2, -0.15) is 0 Å². The van der Waals surface area contributed by atoms with Gasteiger partial charge in [0.05, 0.1) is 0 Å². The molecule has 2 N–H and O–H groups in total. The van der Waals surface area contributed by atoms with Crippen molar-refractivity contribution >= 4 is 11.3 Å². The molecule has 1 aromatic rings. The van der Waals surface area contributed by atoms with Gasteiger partial charge in [0.1, 0.15) is 0 Å². The molecule has 0 saturated carbocycles. The largest absolute Gasteiger partial charge is 0.326 e. The Morgan fingerprint density at radius 1 is 1.53 bits per heavy atom. The molecule has 1 aliphatic rings. The molecule has 0 aromatic carbocycles. The zero-order valence-electron chi connectivity index (χ0n) is 11.2. The van der Waals surface area contributed by atoms with E-state index in [9.17, 15) is 0 Å². The van der Waals surface area contributed by atoms with Crippen LogP contribution in [0.4, 0.5) is 0 Å². The first-order chi connectivity index (χ1) is 8.11. The van der Waals surface area contributed by atoms with Crippen molar-refractivity contribution in [1.29, 1.82) is 0 Å². The van der Waals surface area contributed by atoms with Crippen LogP contribution >= 0.6 is 11.3 Å². The van der Waals surface area contributed by atoms with Gasteiger partial charge in [0, 0.05) is 28.9 Å². The van der Waals surface area contributed by atoms with Crippen LogP contribution in [0.25, 0.3) is 0 Å². The first-order valence-corrected chi connectivity index (χ1v) is 7.45. The van der Waals surface area contributed by atoms with Crippen molar-refractivity contribution < 1.29 is 0 Å². The predicted molar refractivity (Wildman–Crippen MR) is 75.2 cm³/mol. The fourth-order valence-electron chi connectivity index (χ4n) is 2.87. The minimum Gasteiger partial charge on any atom is -0.326 e. The molecule has 0 bridgehead atoms. The van der Waals surface area contributed by atoms with Gasteiger partial charge in [-0.15, -0.1) is 11.3 Å². The van der Waals surface area contributed by atoms with E-state index in [1.165, 1.54) is 34.7 Å². The Labute approximate surface area is 109 Å². The molecule has 0 amide bonds. The Balaban J connectivity index is 2.06. The van der Waals surface area contributed by atoms with Gasteiger partial charge in [0.15, 0.2) is 0 Å². The second-order valence-electron chi connectivity index (χ2n) is 5.42. The Kier molecular flexibility index (Phi) is 4.23. The maximum atomic E-state index is 5.71. The number of rotatable bonds is 4. The van der Waals surface area contributed by atoms with E-state index in [-0.39, 0.29) is 0 Å². The Morgan fingerprint density at radius 2 is 2.29 bits per heavy atom. The van der Waals surface area contributed by atoms with Crippen LogP contribution in [0.15, 0.2) is 6.07 Å². The van der Waals surface area contributed by atoms with Crippen LogP contribution in [-0.2, 0) is 13.1 Å². The zero-order chi connectivity index (χ0) is 12.4. The summed E-state index contributed by atoms with van der Waals surface area (Å²) in [5.74, 6) is 0.769. The fraction of sp³-hybridized carbons (Fsp3) is 0.714. The number of nitrogens with zero attached hydrogens (tertiary/aromatic N) is 1. The molecular weight excluding hydrogens is 228 g/mol. The highest BCUT2D eigenvalue weighted by molar-refractivity contribution is 7.12. The van der Waals surface area contributed by atoms with E-state index in [1.54, 1.807) is 0 Å². The third-order valence-electron chi connectivity index (χ3n) is 3.83. The molecule has 2 rings (SSSR count). The third kappa shape index (κ3) is 2.90. The summed E-state index contributed by atoms with van der Waals surface area (Å²) < 4.78 is 0. The van der Waals surface area contributed by atoms with Crippen LogP contribution in [0.3, 0.4) is 0 Å². The van der Waals surface area contributed by atoms with E-state index in [1.807, 2.05) is 11.3 Å². The number of thiophene rings is 1. The Hall–Kier alpha value is -0.380. The average Bonchev–Trinajstić information content (AvgIpc) is 2.87. The predicted octanol–water partition coefficient (Wildman–Crippen LogP) is 3.14. The lowest BCUT2D eigenvalue weighted by molar-refractivity contribution is 0.199. The van der Waals surface area contributed by atoms with Crippen LogP contribution < -0.4 is 5.73 Å². The molecule has 1 fully saturated rings. The minimum absolute atomic E-state index is 0.680. The van der Waals surface area contributed by atoms with Crippen molar-refractivity contribution in [2.45, 2.75) is 52.7 Å². The van der Waals surface area contributed by atoms with Gasteiger partial charge in [-0.25, -0.2) is 0 Å². The van der Waals surface area contributed by atoms with Gasteiger partial charge in [0.25, 0.3) is 0 Å². The molecule has 2 nitrogen and oxygen atoms in total. The summed E-state index contributed by atoms with van der Waals surface area (Å²) in [4.78, 5) is 5.41. The molecule has 0 aliphatic carbocycles. The minimum atomic E-state index is 0.680. The number of nitrogens with two attached hydrogens (primary N) is 1. The summed E-state index contributed by atoms with van der Waals surface area (Å²) in [6.07, 6.45) is 2.72. The van der Waals surface area contributed by atoms with Gasteiger partial charge in [0.2, 0.25) is 0 Å². The number of hydrogen-bond donors (Lipinski definition) is 1. The van der Waals surface area contributed by atoms with E-state index in [4.69, 9.17) is 5.73 Å². The van der Waals surface area contributed by atoms with Crippen LogP contribution in [0.1, 0.15) is 42.0 Å². The molecule has 17 heavy (non-hydrogen) atoms. The number of likely N-dealkylation sites (tertiary alicyclic amines) is 1. The lowest BCUT2D eigenvalue weighted by atomic mass is 10.0. The molecule has 1 atom stereocenters. The van der Waals surface area contributed by atoms with Gasteiger partial charge in [-0.05, 0) is 43.9 Å². The number of hydrogen-bond acceptors (Lipinski definition) is 3. The summed E-state index contributed by atoms with van der Waals surface area (Å²) in [5, 5.41) is 0. The molecule has 1 aliphatic heterocycles. The molecule has 1 saturated heterocycles. The number of aryl methyl sites for hydroxylation is 1. The van der Waals surface area contributed by atoms with Gasteiger partial charge in [-0.3, -0.25) is 4.90 Å². The topological polar surface area (TPSA) is 29.3 Å². The summed E-state index contributed by atoms with van der Waals surface area (Å²) in [6.45, 7) is 9.96. The smallest absolute Gasteiger partial charge is 0.0274 e. The Bertz CT molecular complexity index is 370. The highest BCUT2D eigenvalue weighted by Gasteiger charge is 2.27. The molecule has 0 spiro atoms. The molecule has 0 radical (unpaired) electrons. The molecule has 96 valence electrons. The van der Waals surface area contributed by atoms with Gasteiger partial charge < -0.3 is 5.73 Å². The van der Waals surface area contributed by atoms with E-state index >= 15 is 0 Å². The average molecular weight is 252 g/mol. The van der Waals surface area contributed by atoms with Gasteiger partial charge >= 0.3 is 0 Å². The fourth-order valence-corrected chi connectivity index (χ4v) is 3.80. The van der Waals surface area contributed by atoms with Crippen molar-refractivity contribution in [3.63, 3.8) is 0 Å². The molecule has 1 unspecified atom stereocenters. The molecule has 2 heterocycles. The Morgan fingerprint density at radius 3 is 2.88 bits per heavy atom. The summed E-state index contributed by atoms with van der Waals surface area (Å²) in [5.41, 5.74) is 7.20. The van der Waals surface area contributed by atoms with Crippen LogP contribution in [0, 0.1) is 12.8 Å². The SMILES string of the molecule is Cc1sc(CN)cc1CN1CCCC1C(C)C. The quantitative estimate of drug-likeness (QED) is 0.892. The maximum absolute atomic E-state index is 5.71. The first-order valence-electron chi connectivity index (χ1n) is 6.64. The maximum Gasteiger partial charge on any atom is 0.0274 e. The highest BCUT2D eigenvalue weighted by Crippen LogP contribution is 2.28. The monoisotopic (exact) mass is 252 g/mol. The molecule has 3 heteroatoms. The summed E-state index contributed by atoms with van der Waals surface area (Å²) in [6, 6.07) is 3.08. The summed E-state index contributed by atoms with van der Waals surface area (Å²) in [7, 11) is 0. The molecular formula is C14H24N2S. The van der Waals surface area contributed by atoms with E-state index in [0.717, 1.165) is 18.5 Å². The standard InChI is InChI=1S/C14H24N2S/c1-10(2)14-5-4-6-16(14)9-12-7-13(8-15)17-11(12)3/h7,10,14H,4-6,8-9,15H2,1-3H3. The van der Waals surface area contributed by atoms with Crippen molar-refractivity contribution in [3.05, 3.63) is 21.4 Å². The van der Waals surface area contributed by atoms with Crippen LogP contribution in [-0.4, -0.2) is 17.5 Å². The normalized spacial score (nSPS) is 21.6. The summed E-state index contributed by atoms with van der Waals surface area (Å²) >= 11 is 1.86. The van der Waals surface area contributed by atoms with Gasteiger partial charge in [-0.1, -0.05) is 13.8 Å². The van der Waals surface area contributed by atoms with Crippen molar-refractivity contribution in [2.24, 2.45) is 11.7 Å². The second-order valence-corrected chi connectivity index (χ2v) is 6.76. The van der Waals surface area contributed by atoms with E-state index in [0.29, 0.717) is 6.54 Å². The third-order valence-corrected chi connectivity index (χ3v) is 4.95. The van der Waals surface area contributed by atoms with Crippen molar-refractivity contribution in [1.82, 2.24) is 4.90 Å². The van der Waals surface area contributed by atoms with E-state index < -0.39 is 0 Å². The highest BCUT2D eigenvalue weighted by atomic mass is 32.1. The lowest BCUT2D eigenvalue weighted by Crippen LogP contribution is -2.32.